The summed E-state index contributed by atoms with van der Waals surface area (Å²) in [5.41, 5.74) is 5.53. The van der Waals surface area contributed by atoms with Crippen LogP contribution >= 0.6 is 0 Å². The maximum Gasteiger partial charge on any atom is 0.243 e. The second-order valence-corrected chi connectivity index (χ2v) is 12.4. The number of nitrogens with zero attached hydrogens (tertiary/aromatic N) is 3. The first-order chi connectivity index (χ1) is 20.0. The summed E-state index contributed by atoms with van der Waals surface area (Å²) in [4.78, 5) is 38.5. The van der Waals surface area contributed by atoms with E-state index in [1.165, 1.54) is 16.7 Å². The topological polar surface area (TPSA) is 87.2 Å². The predicted molar refractivity (Wildman–Crippen MR) is 157 cm³/mol. The first-order valence-corrected chi connectivity index (χ1v) is 14.8. The molecule has 2 aliphatic heterocycles. The lowest BCUT2D eigenvalue weighted by molar-refractivity contribution is -0.138. The number of hydrogen-bond donors (Lipinski definition) is 2. The van der Waals surface area contributed by atoms with Crippen molar-refractivity contribution in [3.63, 3.8) is 0 Å². The molecule has 2 N–H and O–H groups in total. The summed E-state index contributed by atoms with van der Waals surface area (Å²) in [5, 5.41) is 7.77. The van der Waals surface area contributed by atoms with Crippen LogP contribution < -0.4 is 10.6 Å². The van der Waals surface area contributed by atoms with Crippen molar-refractivity contribution in [2.75, 3.05) is 18.4 Å². The van der Waals surface area contributed by atoms with Crippen molar-refractivity contribution >= 4 is 28.5 Å². The van der Waals surface area contributed by atoms with E-state index in [9.17, 15) is 9.59 Å². The Balaban J connectivity index is 1.11. The number of aromatic nitrogens is 2. The van der Waals surface area contributed by atoms with Gasteiger partial charge in [-0.3, -0.25) is 14.6 Å². The molecule has 4 heterocycles. The smallest absolute Gasteiger partial charge is 0.243 e. The molecular weight excluding hydrogens is 510 g/mol. The highest BCUT2D eigenvalue weighted by atomic mass is 16.2. The summed E-state index contributed by atoms with van der Waals surface area (Å²) in [5.74, 6) is 1.18. The summed E-state index contributed by atoms with van der Waals surface area (Å²) < 4.78 is 0. The SMILES string of the molecule is O=C1N(Cc2cnc3cc4c(cc3c2)C[C@@]2(C4)C(=O)Nc3ncccc32)CC(c2ccccc2)CNC12CCCC2. The van der Waals surface area contributed by atoms with Gasteiger partial charge < -0.3 is 15.5 Å². The van der Waals surface area contributed by atoms with Gasteiger partial charge in [-0.05, 0) is 72.2 Å². The molecule has 41 heavy (non-hydrogen) atoms. The Morgan fingerprint density at radius 1 is 0.927 bits per heavy atom. The number of hydrogen-bond acceptors (Lipinski definition) is 5. The normalized spacial score (nSPS) is 24.6. The Morgan fingerprint density at radius 2 is 1.73 bits per heavy atom. The number of benzene rings is 2. The average Bonchev–Trinajstić information content (AvgIpc) is 3.67. The fourth-order valence-electron chi connectivity index (χ4n) is 7.82. The third-order valence-electron chi connectivity index (χ3n) is 9.96. The molecule has 2 amide bonds. The zero-order valence-corrected chi connectivity index (χ0v) is 23.0. The summed E-state index contributed by atoms with van der Waals surface area (Å²) in [6.07, 6.45) is 8.94. The highest BCUT2D eigenvalue weighted by molar-refractivity contribution is 6.06. The van der Waals surface area contributed by atoms with Crippen molar-refractivity contribution in [2.24, 2.45) is 0 Å². The summed E-state index contributed by atoms with van der Waals surface area (Å²) >= 11 is 0. The Kier molecular flexibility index (Phi) is 5.54. The Labute approximate surface area is 239 Å². The number of anilines is 1. The van der Waals surface area contributed by atoms with Gasteiger partial charge >= 0.3 is 0 Å². The van der Waals surface area contributed by atoms with Gasteiger partial charge in [-0.1, -0.05) is 49.2 Å². The number of fused-ring (bicyclic) bond motifs is 4. The van der Waals surface area contributed by atoms with E-state index in [1.54, 1.807) is 6.20 Å². The maximum atomic E-state index is 14.0. The third kappa shape index (κ3) is 3.90. The van der Waals surface area contributed by atoms with Crippen LogP contribution in [0.25, 0.3) is 10.9 Å². The highest BCUT2D eigenvalue weighted by Crippen LogP contribution is 2.47. The first kappa shape index (κ1) is 24.7. The van der Waals surface area contributed by atoms with Gasteiger partial charge in [0.25, 0.3) is 0 Å². The summed E-state index contributed by atoms with van der Waals surface area (Å²) in [7, 11) is 0. The fraction of sp³-hybridized carbons (Fsp3) is 0.353. The molecule has 2 aromatic carbocycles. The van der Waals surface area contributed by atoms with E-state index in [0.717, 1.165) is 54.3 Å². The zero-order valence-electron chi connectivity index (χ0n) is 23.0. The molecule has 7 nitrogen and oxygen atoms in total. The van der Waals surface area contributed by atoms with Gasteiger partial charge in [0, 0.05) is 48.9 Å². The minimum atomic E-state index is -0.598. The van der Waals surface area contributed by atoms with E-state index in [4.69, 9.17) is 4.98 Å². The molecule has 206 valence electrons. The van der Waals surface area contributed by atoms with Crippen molar-refractivity contribution in [3.05, 3.63) is 101 Å². The van der Waals surface area contributed by atoms with Crippen molar-refractivity contribution < 1.29 is 9.59 Å². The number of carbonyl (C=O) groups excluding carboxylic acids is 2. The van der Waals surface area contributed by atoms with Gasteiger partial charge in [0.15, 0.2) is 0 Å². The van der Waals surface area contributed by atoms with Crippen LogP contribution in [-0.4, -0.2) is 45.3 Å². The van der Waals surface area contributed by atoms with Crippen molar-refractivity contribution in [1.82, 2.24) is 20.2 Å². The lowest BCUT2D eigenvalue weighted by Crippen LogP contribution is -2.54. The average molecular weight is 544 g/mol. The second-order valence-electron chi connectivity index (χ2n) is 12.4. The molecule has 1 saturated carbocycles. The number of carbonyl (C=O) groups is 2. The highest BCUT2D eigenvalue weighted by Gasteiger charge is 2.51. The summed E-state index contributed by atoms with van der Waals surface area (Å²) in [6.45, 7) is 2.03. The van der Waals surface area contributed by atoms with E-state index < -0.39 is 11.0 Å². The van der Waals surface area contributed by atoms with Gasteiger partial charge in [0.2, 0.25) is 11.8 Å². The second kappa shape index (κ2) is 9.21. The van der Waals surface area contributed by atoms with E-state index in [0.29, 0.717) is 31.7 Å². The zero-order chi connectivity index (χ0) is 27.6. The third-order valence-corrected chi connectivity index (χ3v) is 9.96. The molecule has 8 rings (SSSR count). The molecule has 2 fully saturated rings. The van der Waals surface area contributed by atoms with E-state index >= 15 is 0 Å². The molecular formula is C34H33N5O2. The Hall–Kier alpha value is -4.10. The van der Waals surface area contributed by atoms with Gasteiger partial charge in [-0.15, -0.1) is 0 Å². The van der Waals surface area contributed by atoms with E-state index in [-0.39, 0.29) is 17.7 Å². The monoisotopic (exact) mass is 543 g/mol. The molecule has 7 heteroatoms. The minimum Gasteiger partial charge on any atom is -0.336 e. The van der Waals surface area contributed by atoms with Crippen LogP contribution in [0.1, 0.15) is 59.4 Å². The van der Waals surface area contributed by atoms with Gasteiger partial charge in [-0.2, -0.15) is 0 Å². The number of rotatable bonds is 3. The molecule has 2 aliphatic carbocycles. The molecule has 0 radical (unpaired) electrons. The van der Waals surface area contributed by atoms with Crippen LogP contribution in [-0.2, 0) is 34.4 Å². The van der Waals surface area contributed by atoms with E-state index in [2.05, 4.69) is 63.0 Å². The molecule has 0 bridgehead atoms. The Morgan fingerprint density at radius 3 is 2.56 bits per heavy atom. The largest absolute Gasteiger partial charge is 0.336 e. The fourth-order valence-corrected chi connectivity index (χ4v) is 7.82. The molecule has 1 saturated heterocycles. The standard InChI is InChI=1S/C34H33N5O2/c40-31-33(28-9-6-12-35-30(28)38-31)16-25-14-24-13-22(18-36-29(24)15-26(25)17-33)20-39-21-27(23-7-2-1-3-8-23)19-37-34(32(39)41)10-4-5-11-34/h1-3,6-9,12-15,18,27,37H,4-5,10-11,16-17,19-21H2,(H,35,38,40)/t27?,33-/m0/s1. The van der Waals surface area contributed by atoms with Gasteiger partial charge in [0.1, 0.15) is 5.82 Å². The van der Waals surface area contributed by atoms with Crippen LogP contribution in [0.15, 0.2) is 73.1 Å². The van der Waals surface area contributed by atoms with Gasteiger partial charge in [-0.25, -0.2) is 4.98 Å². The first-order valence-electron chi connectivity index (χ1n) is 14.8. The Bertz CT molecular complexity index is 1700. The lowest BCUT2D eigenvalue weighted by Gasteiger charge is -2.32. The van der Waals surface area contributed by atoms with Crippen LogP contribution in [0.4, 0.5) is 5.82 Å². The van der Waals surface area contributed by atoms with Crippen molar-refractivity contribution in [2.45, 2.75) is 61.9 Å². The molecule has 2 aromatic heterocycles. The van der Waals surface area contributed by atoms with E-state index in [1.807, 2.05) is 24.4 Å². The number of nitrogens with one attached hydrogen (secondary N) is 2. The van der Waals surface area contributed by atoms with Crippen molar-refractivity contribution in [1.29, 1.82) is 0 Å². The quantitative estimate of drug-likeness (QED) is 0.393. The molecule has 2 spiro atoms. The van der Waals surface area contributed by atoms with Crippen molar-refractivity contribution in [3.8, 4) is 0 Å². The number of amides is 2. The van der Waals surface area contributed by atoms with Crippen LogP contribution in [0.3, 0.4) is 0 Å². The maximum absolute atomic E-state index is 14.0. The molecule has 4 aromatic rings. The van der Waals surface area contributed by atoms with Crippen LogP contribution in [0.2, 0.25) is 0 Å². The van der Waals surface area contributed by atoms with Gasteiger partial charge in [0.05, 0.1) is 16.5 Å². The van der Waals surface area contributed by atoms with Crippen LogP contribution in [0.5, 0.6) is 0 Å². The molecule has 4 aliphatic rings. The predicted octanol–water partition coefficient (Wildman–Crippen LogP) is 4.65. The number of pyridine rings is 2. The summed E-state index contributed by atoms with van der Waals surface area (Å²) in [6, 6.07) is 21.0. The molecule has 1 unspecified atom stereocenters. The van der Waals surface area contributed by atoms with Crippen LogP contribution in [0, 0.1) is 0 Å². The minimum absolute atomic E-state index is 0.0298. The molecule has 2 atom stereocenters. The lowest BCUT2D eigenvalue weighted by atomic mass is 9.79.